The van der Waals surface area contributed by atoms with Crippen LogP contribution in [0, 0.1) is 5.92 Å². The fourth-order valence-electron chi connectivity index (χ4n) is 7.90. The number of esters is 1. The number of halogens is 4. The second-order valence-electron chi connectivity index (χ2n) is 13.3. The predicted octanol–water partition coefficient (Wildman–Crippen LogP) is 7.61. The number of piperidine rings is 1. The van der Waals surface area contributed by atoms with Crippen LogP contribution >= 0.6 is 11.6 Å². The maximum atomic E-state index is 15.1. The van der Waals surface area contributed by atoms with E-state index in [1.165, 1.54) is 4.90 Å². The van der Waals surface area contributed by atoms with Gasteiger partial charge in [0.15, 0.2) is 6.23 Å². The molecule has 49 heavy (non-hydrogen) atoms. The number of amides is 2. The molecule has 1 saturated carbocycles. The summed E-state index contributed by atoms with van der Waals surface area (Å²) in [5, 5.41) is 0.532. The summed E-state index contributed by atoms with van der Waals surface area (Å²) >= 11 is 6.30. The van der Waals surface area contributed by atoms with Crippen molar-refractivity contribution >= 4 is 29.4 Å². The molecule has 0 bridgehead atoms. The highest BCUT2D eigenvalue weighted by atomic mass is 35.5. The minimum absolute atomic E-state index is 0.0811. The Bertz CT molecular complexity index is 1510. The van der Waals surface area contributed by atoms with Crippen molar-refractivity contribution in [1.29, 1.82) is 0 Å². The van der Waals surface area contributed by atoms with Gasteiger partial charge in [0, 0.05) is 30.1 Å². The van der Waals surface area contributed by atoms with E-state index in [4.69, 9.17) is 30.8 Å². The molecule has 6 rings (SSSR count). The van der Waals surface area contributed by atoms with Crippen molar-refractivity contribution in [2.45, 2.75) is 95.2 Å². The first-order valence-corrected chi connectivity index (χ1v) is 17.7. The van der Waals surface area contributed by atoms with E-state index in [9.17, 15) is 18.0 Å². The van der Waals surface area contributed by atoms with Crippen LogP contribution in [0.5, 0.6) is 11.5 Å². The number of alkyl halides is 3. The van der Waals surface area contributed by atoms with Crippen molar-refractivity contribution in [3.8, 4) is 11.5 Å². The number of hydrogen-bond donors (Lipinski definition) is 0. The van der Waals surface area contributed by atoms with Crippen LogP contribution in [0.2, 0.25) is 5.02 Å². The Balaban J connectivity index is 1.44. The summed E-state index contributed by atoms with van der Waals surface area (Å²) < 4.78 is 57.5. The number of urea groups is 1. The molecule has 4 unspecified atom stereocenters. The quantitative estimate of drug-likeness (QED) is 0.250. The zero-order valence-corrected chi connectivity index (χ0v) is 28.7. The number of rotatable bonds is 9. The highest BCUT2D eigenvalue weighted by molar-refractivity contribution is 6.30. The molecule has 4 atom stereocenters. The zero-order valence-electron chi connectivity index (χ0n) is 28.0. The number of hydrogen-bond acceptors (Lipinski definition) is 7. The van der Waals surface area contributed by atoms with Crippen LogP contribution in [0.4, 0.5) is 18.0 Å². The fraction of sp³-hybridized carbons (Fsp3) is 0.583. The summed E-state index contributed by atoms with van der Waals surface area (Å²) in [6.07, 6.45) is 1.11. The fourth-order valence-corrected chi connectivity index (χ4v) is 8.03. The zero-order chi connectivity index (χ0) is 34.7. The molecular weight excluding hydrogens is 661 g/mol. The molecule has 2 saturated heterocycles. The molecule has 0 aromatic heterocycles. The van der Waals surface area contributed by atoms with Crippen molar-refractivity contribution < 1.29 is 37.0 Å². The van der Waals surface area contributed by atoms with E-state index in [1.807, 2.05) is 19.1 Å². The first kappa shape index (κ1) is 35.3. The smallest absolute Gasteiger partial charge is 0.491 e. The lowest BCUT2D eigenvalue weighted by atomic mass is 9.90. The van der Waals surface area contributed by atoms with E-state index < -0.39 is 30.4 Å². The largest absolute Gasteiger partial charge is 0.497 e. The Morgan fingerprint density at radius 3 is 2.35 bits per heavy atom. The van der Waals surface area contributed by atoms with Gasteiger partial charge in [-0.15, -0.1) is 0 Å². The number of methoxy groups -OCH3 is 1. The van der Waals surface area contributed by atoms with Crippen LogP contribution in [-0.4, -0.2) is 90.4 Å². The minimum atomic E-state index is -5.21. The van der Waals surface area contributed by atoms with E-state index >= 15 is 4.79 Å². The third kappa shape index (κ3) is 7.80. The van der Waals surface area contributed by atoms with Gasteiger partial charge in [0.1, 0.15) is 17.3 Å². The van der Waals surface area contributed by atoms with Crippen molar-refractivity contribution in [2.24, 2.45) is 10.9 Å². The summed E-state index contributed by atoms with van der Waals surface area (Å²) in [5.74, 6) is -0.527. The van der Waals surface area contributed by atoms with Crippen LogP contribution in [0.1, 0.15) is 81.9 Å². The van der Waals surface area contributed by atoms with E-state index in [0.717, 1.165) is 63.6 Å². The molecule has 0 N–H and O–H groups in total. The van der Waals surface area contributed by atoms with Crippen LogP contribution in [-0.2, 0) is 9.53 Å². The third-order valence-corrected chi connectivity index (χ3v) is 10.5. The molecule has 2 aromatic rings. The van der Waals surface area contributed by atoms with Gasteiger partial charge < -0.3 is 19.1 Å². The standard InChI is InChI=1S/C36H44ClF3N4O5/c1-3-48-30-22-27(47-2)14-15-28(30)33-41-29(20-23-8-4-5-9-23)32(24-10-12-25(37)13-11-24)44(33)35(46)43-19-16-26(42-17-6-7-18-42)21-31(43)49-34(45)36(38,39)40/h10-15,22-23,26,29,31-32H,3-9,16-21H2,1-2H3. The average Bonchev–Trinajstić information content (AvgIpc) is 3.87. The number of benzene rings is 2. The molecule has 1 aliphatic carbocycles. The topological polar surface area (TPSA) is 83.9 Å². The Labute approximate surface area is 290 Å². The molecule has 3 aliphatic heterocycles. The Hall–Kier alpha value is -3.51. The minimum Gasteiger partial charge on any atom is -0.497 e. The summed E-state index contributed by atoms with van der Waals surface area (Å²) in [4.78, 5) is 37.7. The molecule has 266 valence electrons. The molecule has 2 amide bonds. The van der Waals surface area contributed by atoms with E-state index in [-0.39, 0.29) is 25.0 Å². The summed E-state index contributed by atoms with van der Waals surface area (Å²) in [5.41, 5.74) is 1.35. The van der Waals surface area contributed by atoms with Gasteiger partial charge in [0.25, 0.3) is 0 Å². The number of aliphatic imine (C=N–C) groups is 1. The number of carbonyl (C=O) groups excluding carboxylic acids is 2. The van der Waals surface area contributed by atoms with Crippen molar-refractivity contribution in [2.75, 3.05) is 33.4 Å². The first-order chi connectivity index (χ1) is 23.6. The monoisotopic (exact) mass is 704 g/mol. The van der Waals surface area contributed by atoms with Gasteiger partial charge in [-0.05, 0) is 81.4 Å². The second kappa shape index (κ2) is 15.2. The molecular formula is C36H44ClF3N4O5. The van der Waals surface area contributed by atoms with Crippen LogP contribution in [0.3, 0.4) is 0 Å². The predicted molar refractivity (Wildman–Crippen MR) is 179 cm³/mol. The Morgan fingerprint density at radius 1 is 0.980 bits per heavy atom. The number of likely N-dealkylation sites (tertiary alicyclic amines) is 2. The molecule has 4 aliphatic rings. The van der Waals surface area contributed by atoms with Gasteiger partial charge in [-0.1, -0.05) is 49.4 Å². The third-order valence-electron chi connectivity index (χ3n) is 10.3. The average molecular weight is 705 g/mol. The molecule has 0 spiro atoms. The molecule has 3 fully saturated rings. The second-order valence-corrected chi connectivity index (χ2v) is 13.8. The lowest BCUT2D eigenvalue weighted by Crippen LogP contribution is -2.58. The lowest BCUT2D eigenvalue weighted by Gasteiger charge is -2.44. The van der Waals surface area contributed by atoms with Crippen LogP contribution in [0.15, 0.2) is 47.5 Å². The highest BCUT2D eigenvalue weighted by Crippen LogP contribution is 2.43. The SMILES string of the molecule is CCOc1cc(OC)ccc1C1=NC(CC2CCCC2)C(c2ccc(Cl)cc2)N1C(=O)N1CCC(N2CCCC2)CC1OC(=O)C(F)(F)F. The van der Waals surface area contributed by atoms with Crippen molar-refractivity contribution in [3.05, 3.63) is 58.6 Å². The number of nitrogens with zero attached hydrogens (tertiary/aromatic N) is 4. The van der Waals surface area contributed by atoms with Gasteiger partial charge in [0.2, 0.25) is 0 Å². The summed E-state index contributed by atoms with van der Waals surface area (Å²) in [6, 6.07) is 10.9. The van der Waals surface area contributed by atoms with E-state index in [1.54, 1.807) is 42.3 Å². The van der Waals surface area contributed by atoms with E-state index in [2.05, 4.69) is 4.90 Å². The highest BCUT2D eigenvalue weighted by Gasteiger charge is 2.50. The van der Waals surface area contributed by atoms with Crippen molar-refractivity contribution in [3.63, 3.8) is 0 Å². The maximum Gasteiger partial charge on any atom is 0.491 e. The van der Waals surface area contributed by atoms with Gasteiger partial charge in [-0.2, -0.15) is 13.2 Å². The number of ether oxygens (including phenoxy) is 3. The lowest BCUT2D eigenvalue weighted by molar-refractivity contribution is -0.214. The molecule has 0 radical (unpaired) electrons. The van der Waals surface area contributed by atoms with Gasteiger partial charge in [0.05, 0.1) is 31.4 Å². The summed E-state index contributed by atoms with van der Waals surface area (Å²) in [6.45, 7) is 3.95. The molecule has 3 heterocycles. The van der Waals surface area contributed by atoms with Crippen molar-refractivity contribution in [1.82, 2.24) is 14.7 Å². The Morgan fingerprint density at radius 2 is 1.69 bits per heavy atom. The Kier molecular flexibility index (Phi) is 10.9. The van der Waals surface area contributed by atoms with Gasteiger partial charge >= 0.3 is 18.2 Å². The van der Waals surface area contributed by atoms with E-state index in [0.29, 0.717) is 46.9 Å². The summed E-state index contributed by atoms with van der Waals surface area (Å²) in [7, 11) is 1.55. The first-order valence-electron chi connectivity index (χ1n) is 17.3. The molecule has 9 nitrogen and oxygen atoms in total. The number of amidine groups is 1. The molecule has 2 aromatic carbocycles. The number of carbonyl (C=O) groups is 2. The van der Waals surface area contributed by atoms with Gasteiger partial charge in [-0.3, -0.25) is 14.8 Å². The van der Waals surface area contributed by atoms with Crippen LogP contribution < -0.4 is 9.47 Å². The van der Waals surface area contributed by atoms with Crippen LogP contribution in [0.25, 0.3) is 0 Å². The maximum absolute atomic E-state index is 15.1. The molecule has 13 heteroatoms. The van der Waals surface area contributed by atoms with Gasteiger partial charge in [-0.25, -0.2) is 9.59 Å². The normalized spacial score (nSPS) is 25.1.